The maximum Gasteiger partial charge on any atom is 0.407 e. The molecule has 2 N–H and O–H groups in total. The number of nitrogens with one attached hydrogen (secondary N) is 2. The van der Waals surface area contributed by atoms with Crippen molar-refractivity contribution in [2.45, 2.75) is 12.8 Å². The molecule has 1 aliphatic rings. The van der Waals surface area contributed by atoms with E-state index in [0.29, 0.717) is 28.6 Å². The Morgan fingerprint density at radius 1 is 1.12 bits per heavy atom. The summed E-state index contributed by atoms with van der Waals surface area (Å²) >= 11 is 0. The van der Waals surface area contributed by atoms with Crippen molar-refractivity contribution in [1.82, 2.24) is 10.3 Å². The zero-order chi connectivity index (χ0) is 22.9. The number of fused-ring (bicyclic) bond motifs is 1. The molecule has 0 bridgehead atoms. The first-order valence-electron chi connectivity index (χ1n) is 10.1. The lowest BCUT2D eigenvalue weighted by Crippen LogP contribution is -2.30. The average molecular weight is 466 g/mol. The molecule has 0 radical (unpaired) electrons. The van der Waals surface area contributed by atoms with Gasteiger partial charge in [0.2, 0.25) is 0 Å². The highest BCUT2D eigenvalue weighted by Crippen LogP contribution is 2.33. The minimum atomic E-state index is -3.03. The van der Waals surface area contributed by atoms with Gasteiger partial charge in [-0.15, -0.1) is 0 Å². The number of halogens is 3. The number of carbonyl (C=O) groups is 1. The van der Waals surface area contributed by atoms with Crippen molar-refractivity contribution in [2.24, 2.45) is 5.92 Å². The van der Waals surface area contributed by atoms with E-state index in [-0.39, 0.29) is 42.5 Å². The molecule has 32 heavy (non-hydrogen) atoms. The first-order chi connectivity index (χ1) is 15.2. The van der Waals surface area contributed by atoms with Gasteiger partial charge in [0.15, 0.2) is 9.84 Å². The third kappa shape index (κ3) is 4.90. The maximum atomic E-state index is 14.3. The molecule has 1 atom stereocenters. The predicted molar refractivity (Wildman–Crippen MR) is 113 cm³/mol. The lowest BCUT2D eigenvalue weighted by molar-refractivity contribution is 0.146. The fraction of sp³-hybridized carbons (Fsp3) is 0.318. The van der Waals surface area contributed by atoms with E-state index in [1.807, 2.05) is 0 Å². The molecule has 3 aromatic rings. The van der Waals surface area contributed by atoms with Gasteiger partial charge in [-0.1, -0.05) is 0 Å². The van der Waals surface area contributed by atoms with Crippen molar-refractivity contribution in [3.63, 3.8) is 0 Å². The predicted octanol–water partition coefficient (Wildman–Crippen LogP) is 3.96. The Hall–Kier alpha value is -3.01. The van der Waals surface area contributed by atoms with Gasteiger partial charge in [-0.25, -0.2) is 26.4 Å². The SMILES string of the molecule is O=C(NCC1CCS(=O)(=O)C1)OCCc1c(-c2ccc(F)cc2)[nH]c2c(F)cc(F)cc12. The van der Waals surface area contributed by atoms with E-state index in [4.69, 9.17) is 4.74 Å². The fourth-order valence-corrected chi connectivity index (χ4v) is 5.82. The normalized spacial score (nSPS) is 17.5. The number of alkyl carbamates (subject to hydrolysis) is 1. The summed E-state index contributed by atoms with van der Waals surface area (Å²) in [5.41, 5.74) is 1.68. The lowest BCUT2D eigenvalue weighted by Gasteiger charge is -2.11. The maximum absolute atomic E-state index is 14.3. The smallest absolute Gasteiger partial charge is 0.407 e. The van der Waals surface area contributed by atoms with Crippen LogP contribution in [-0.2, 0) is 21.0 Å². The van der Waals surface area contributed by atoms with Crippen molar-refractivity contribution in [1.29, 1.82) is 0 Å². The van der Waals surface area contributed by atoms with Crippen molar-refractivity contribution in [3.05, 3.63) is 59.4 Å². The molecule has 2 aromatic carbocycles. The summed E-state index contributed by atoms with van der Waals surface area (Å²) in [6, 6.07) is 7.51. The van der Waals surface area contributed by atoms with Gasteiger partial charge in [0.05, 0.1) is 23.6 Å². The summed E-state index contributed by atoms with van der Waals surface area (Å²) in [4.78, 5) is 14.9. The Labute approximate surface area is 182 Å². The Kier molecular flexibility index (Phi) is 6.14. The number of H-pyrrole nitrogens is 1. The van der Waals surface area contributed by atoms with Crippen molar-refractivity contribution in [3.8, 4) is 11.3 Å². The largest absolute Gasteiger partial charge is 0.449 e. The summed E-state index contributed by atoms with van der Waals surface area (Å²) in [6.45, 7) is 0.122. The van der Waals surface area contributed by atoms with Crippen LogP contribution in [0.3, 0.4) is 0 Å². The number of rotatable bonds is 6. The molecule has 10 heteroatoms. The van der Waals surface area contributed by atoms with Crippen LogP contribution >= 0.6 is 0 Å². The van der Waals surface area contributed by atoms with Gasteiger partial charge in [-0.2, -0.15) is 0 Å². The Morgan fingerprint density at radius 3 is 2.56 bits per heavy atom. The molecule has 1 fully saturated rings. The number of aromatic amines is 1. The number of hydrogen-bond acceptors (Lipinski definition) is 4. The quantitative estimate of drug-likeness (QED) is 0.576. The number of benzene rings is 2. The second-order valence-corrected chi connectivity index (χ2v) is 10.1. The molecule has 1 saturated heterocycles. The van der Waals surface area contributed by atoms with E-state index >= 15 is 0 Å². The number of carbonyl (C=O) groups excluding carboxylic acids is 1. The standard InChI is InChI=1S/C22H21F3N2O4S/c23-15-3-1-14(2-4-15)20-17(18-9-16(24)10-19(25)21(18)27-20)5-7-31-22(28)26-11-13-6-8-32(29,30)12-13/h1-4,9-10,13,27H,5-8,11-12H2,(H,26,28). The number of sulfone groups is 1. The van der Waals surface area contributed by atoms with Gasteiger partial charge in [-0.05, 0) is 53.8 Å². The monoisotopic (exact) mass is 466 g/mol. The van der Waals surface area contributed by atoms with Crippen LogP contribution in [0.5, 0.6) is 0 Å². The summed E-state index contributed by atoms with van der Waals surface area (Å²) < 4.78 is 69.6. The summed E-state index contributed by atoms with van der Waals surface area (Å²) in [5, 5.41) is 2.86. The van der Waals surface area contributed by atoms with E-state index in [1.54, 1.807) is 0 Å². The Morgan fingerprint density at radius 2 is 1.88 bits per heavy atom. The first kappa shape index (κ1) is 22.2. The third-order valence-corrected chi connectivity index (χ3v) is 7.35. The highest BCUT2D eigenvalue weighted by Gasteiger charge is 2.28. The molecular formula is C22H21F3N2O4S. The van der Waals surface area contributed by atoms with Crippen LogP contribution in [0.25, 0.3) is 22.2 Å². The molecule has 1 unspecified atom stereocenters. The van der Waals surface area contributed by atoms with Crippen molar-refractivity contribution < 1.29 is 31.1 Å². The molecule has 6 nitrogen and oxygen atoms in total. The molecule has 1 aliphatic heterocycles. The summed E-state index contributed by atoms with van der Waals surface area (Å²) in [7, 11) is -3.03. The van der Waals surface area contributed by atoms with Crippen LogP contribution in [0.4, 0.5) is 18.0 Å². The molecule has 170 valence electrons. The second kappa shape index (κ2) is 8.85. The Bertz CT molecular complexity index is 1260. The lowest BCUT2D eigenvalue weighted by atomic mass is 10.0. The minimum Gasteiger partial charge on any atom is -0.449 e. The first-order valence-corrected chi connectivity index (χ1v) is 11.9. The number of hydrogen-bond donors (Lipinski definition) is 2. The van der Waals surface area contributed by atoms with Crippen LogP contribution in [-0.4, -0.2) is 44.2 Å². The van der Waals surface area contributed by atoms with E-state index in [9.17, 15) is 26.4 Å². The number of amides is 1. The van der Waals surface area contributed by atoms with Crippen LogP contribution in [0, 0.1) is 23.4 Å². The van der Waals surface area contributed by atoms with Gasteiger partial charge >= 0.3 is 6.09 Å². The number of ether oxygens (including phenoxy) is 1. The number of aromatic nitrogens is 1. The highest BCUT2D eigenvalue weighted by atomic mass is 32.2. The Balaban J connectivity index is 1.47. The van der Waals surface area contributed by atoms with Gasteiger partial charge in [-0.3, -0.25) is 0 Å². The van der Waals surface area contributed by atoms with Gasteiger partial charge in [0.1, 0.15) is 17.5 Å². The van der Waals surface area contributed by atoms with Gasteiger partial charge in [0.25, 0.3) is 0 Å². The van der Waals surface area contributed by atoms with Crippen LogP contribution in [0.1, 0.15) is 12.0 Å². The zero-order valence-electron chi connectivity index (χ0n) is 17.0. The average Bonchev–Trinajstić information content (AvgIpc) is 3.27. The highest BCUT2D eigenvalue weighted by molar-refractivity contribution is 7.91. The molecule has 0 spiro atoms. The summed E-state index contributed by atoms with van der Waals surface area (Å²) in [6.07, 6.45) is -0.0495. The van der Waals surface area contributed by atoms with E-state index in [0.717, 1.165) is 6.07 Å². The minimum absolute atomic E-state index is 0.0424. The van der Waals surface area contributed by atoms with E-state index < -0.39 is 33.4 Å². The summed E-state index contributed by atoms with van der Waals surface area (Å²) in [5.74, 6) is -1.92. The van der Waals surface area contributed by atoms with Crippen molar-refractivity contribution >= 4 is 26.8 Å². The third-order valence-electron chi connectivity index (χ3n) is 5.51. The zero-order valence-corrected chi connectivity index (χ0v) is 17.8. The topological polar surface area (TPSA) is 88.3 Å². The molecule has 1 amide bonds. The molecule has 1 aromatic heterocycles. The van der Waals surface area contributed by atoms with Crippen molar-refractivity contribution in [2.75, 3.05) is 24.7 Å². The van der Waals surface area contributed by atoms with Gasteiger partial charge in [0, 0.05) is 30.1 Å². The molecule has 0 aliphatic carbocycles. The second-order valence-electron chi connectivity index (χ2n) is 7.83. The van der Waals surface area contributed by atoms with Crippen LogP contribution in [0.2, 0.25) is 0 Å². The molecule has 2 heterocycles. The molecular weight excluding hydrogens is 445 g/mol. The fourth-order valence-electron chi connectivity index (χ4n) is 3.95. The van der Waals surface area contributed by atoms with Crippen LogP contribution in [0.15, 0.2) is 36.4 Å². The molecule has 4 rings (SSSR count). The van der Waals surface area contributed by atoms with Gasteiger partial charge < -0.3 is 15.0 Å². The van der Waals surface area contributed by atoms with E-state index in [1.165, 1.54) is 30.3 Å². The van der Waals surface area contributed by atoms with Crippen LogP contribution < -0.4 is 5.32 Å². The molecule has 0 saturated carbocycles. The van der Waals surface area contributed by atoms with E-state index in [2.05, 4.69) is 10.3 Å².